The third-order valence-electron chi connectivity index (χ3n) is 5.56. The molecule has 2 amide bonds. The number of methoxy groups -OCH3 is 2. The molecule has 0 fully saturated rings. The first kappa shape index (κ1) is 21.2. The van der Waals surface area contributed by atoms with Crippen LogP contribution in [0.1, 0.15) is 16.7 Å². The zero-order chi connectivity index (χ0) is 22.8. The Morgan fingerprint density at radius 3 is 2.19 bits per heavy atom. The van der Waals surface area contributed by atoms with Crippen molar-refractivity contribution in [2.45, 2.75) is 13.8 Å². The molecular formula is C26H24N2O4. The molecule has 32 heavy (non-hydrogen) atoms. The predicted molar refractivity (Wildman–Crippen MR) is 125 cm³/mol. The molecule has 4 rings (SSSR count). The van der Waals surface area contributed by atoms with Crippen molar-refractivity contribution >= 4 is 28.8 Å². The molecule has 0 bridgehead atoms. The number of hydrogen-bond acceptors (Lipinski definition) is 5. The number of benzene rings is 3. The molecule has 162 valence electrons. The maximum Gasteiger partial charge on any atom is 0.282 e. The van der Waals surface area contributed by atoms with Crippen LogP contribution in [0.5, 0.6) is 11.5 Å². The number of nitrogens with zero attached hydrogens (tertiary/aromatic N) is 1. The van der Waals surface area contributed by atoms with E-state index in [-0.39, 0.29) is 11.6 Å². The average molecular weight is 428 g/mol. The Hall–Kier alpha value is -4.06. The van der Waals surface area contributed by atoms with E-state index in [4.69, 9.17) is 9.47 Å². The largest absolute Gasteiger partial charge is 0.497 e. The SMILES string of the molecule is COc1ccc(OC)c(NC2=C(c3ccc(C)c(C)c3)C(=O)N(c3ccccc3)C2=O)c1. The summed E-state index contributed by atoms with van der Waals surface area (Å²) in [5.74, 6) is 0.308. The lowest BCUT2D eigenvalue weighted by molar-refractivity contribution is -0.120. The van der Waals surface area contributed by atoms with E-state index in [9.17, 15) is 9.59 Å². The Morgan fingerprint density at radius 1 is 0.781 bits per heavy atom. The summed E-state index contributed by atoms with van der Waals surface area (Å²) in [6.45, 7) is 3.99. The summed E-state index contributed by atoms with van der Waals surface area (Å²) in [7, 11) is 3.11. The highest BCUT2D eigenvalue weighted by molar-refractivity contribution is 6.46. The Morgan fingerprint density at radius 2 is 1.53 bits per heavy atom. The number of hydrogen-bond donors (Lipinski definition) is 1. The number of carbonyl (C=O) groups is 2. The van der Waals surface area contributed by atoms with E-state index in [0.29, 0.717) is 34.0 Å². The fourth-order valence-electron chi connectivity index (χ4n) is 3.67. The number of anilines is 2. The number of imide groups is 1. The van der Waals surface area contributed by atoms with Crippen LogP contribution in [-0.4, -0.2) is 26.0 Å². The second kappa shape index (κ2) is 8.59. The van der Waals surface area contributed by atoms with Gasteiger partial charge in [-0.25, -0.2) is 4.90 Å². The molecule has 0 radical (unpaired) electrons. The summed E-state index contributed by atoms with van der Waals surface area (Å²) in [5.41, 5.74) is 4.36. The molecule has 1 heterocycles. The highest BCUT2D eigenvalue weighted by Gasteiger charge is 2.40. The molecule has 6 nitrogen and oxygen atoms in total. The van der Waals surface area contributed by atoms with E-state index in [1.54, 1.807) is 56.7 Å². The normalized spacial score (nSPS) is 13.6. The lowest BCUT2D eigenvalue weighted by atomic mass is 9.99. The standard InChI is InChI=1S/C26H24N2O4/c1-16-10-11-18(14-17(16)2)23-24(27-21-15-20(31-3)12-13-22(21)32-4)26(30)28(25(23)29)19-8-6-5-7-9-19/h5-15,27H,1-4H3. The van der Waals surface area contributed by atoms with E-state index in [0.717, 1.165) is 11.1 Å². The summed E-state index contributed by atoms with van der Waals surface area (Å²) < 4.78 is 10.8. The number of nitrogens with one attached hydrogen (secondary N) is 1. The predicted octanol–water partition coefficient (Wildman–Crippen LogP) is 4.72. The minimum absolute atomic E-state index is 0.189. The van der Waals surface area contributed by atoms with Gasteiger partial charge in [-0.05, 0) is 54.8 Å². The fraction of sp³-hybridized carbons (Fsp3) is 0.154. The van der Waals surface area contributed by atoms with Crippen LogP contribution in [0.25, 0.3) is 5.57 Å². The monoisotopic (exact) mass is 428 g/mol. The number of rotatable bonds is 6. The molecule has 0 saturated carbocycles. The first-order valence-corrected chi connectivity index (χ1v) is 10.2. The zero-order valence-electron chi connectivity index (χ0n) is 18.4. The zero-order valence-corrected chi connectivity index (χ0v) is 18.4. The van der Waals surface area contributed by atoms with Gasteiger partial charge in [-0.2, -0.15) is 0 Å². The molecule has 0 saturated heterocycles. The average Bonchev–Trinajstić information content (AvgIpc) is 3.05. The van der Waals surface area contributed by atoms with Gasteiger partial charge < -0.3 is 14.8 Å². The minimum Gasteiger partial charge on any atom is -0.497 e. The number of aryl methyl sites for hydroxylation is 2. The number of ether oxygens (including phenoxy) is 2. The van der Waals surface area contributed by atoms with Gasteiger partial charge in [-0.1, -0.05) is 36.4 Å². The first-order valence-electron chi connectivity index (χ1n) is 10.2. The summed E-state index contributed by atoms with van der Waals surface area (Å²) in [5, 5.41) is 3.16. The fourth-order valence-corrected chi connectivity index (χ4v) is 3.67. The number of para-hydroxylation sites is 1. The second-order valence-electron chi connectivity index (χ2n) is 7.52. The van der Waals surface area contributed by atoms with E-state index in [2.05, 4.69) is 5.32 Å². The molecule has 0 unspecified atom stereocenters. The Kier molecular flexibility index (Phi) is 5.69. The molecule has 0 atom stereocenters. The Labute approximate surface area is 187 Å². The van der Waals surface area contributed by atoms with Gasteiger partial charge in [0, 0.05) is 6.07 Å². The maximum atomic E-state index is 13.5. The van der Waals surface area contributed by atoms with Crippen molar-refractivity contribution in [3.63, 3.8) is 0 Å². The van der Waals surface area contributed by atoms with Crippen LogP contribution in [0.15, 0.2) is 72.4 Å². The van der Waals surface area contributed by atoms with E-state index in [1.807, 2.05) is 38.1 Å². The van der Waals surface area contributed by atoms with Crippen LogP contribution in [0, 0.1) is 13.8 Å². The molecule has 0 aliphatic carbocycles. The van der Waals surface area contributed by atoms with Gasteiger partial charge in [-0.15, -0.1) is 0 Å². The first-order chi connectivity index (χ1) is 15.4. The summed E-state index contributed by atoms with van der Waals surface area (Å²) >= 11 is 0. The van der Waals surface area contributed by atoms with Gasteiger partial charge in [0.2, 0.25) is 0 Å². The van der Waals surface area contributed by atoms with Crippen LogP contribution in [0.2, 0.25) is 0 Å². The van der Waals surface area contributed by atoms with E-state index >= 15 is 0 Å². The molecule has 3 aromatic carbocycles. The van der Waals surface area contributed by atoms with E-state index in [1.165, 1.54) is 4.90 Å². The topological polar surface area (TPSA) is 67.9 Å². The molecule has 1 N–H and O–H groups in total. The Bertz CT molecular complexity index is 1230. The van der Waals surface area contributed by atoms with Crippen molar-refractivity contribution in [2.75, 3.05) is 24.4 Å². The maximum absolute atomic E-state index is 13.5. The minimum atomic E-state index is -0.431. The lowest BCUT2D eigenvalue weighted by Gasteiger charge is -2.16. The van der Waals surface area contributed by atoms with Crippen molar-refractivity contribution < 1.29 is 19.1 Å². The summed E-state index contributed by atoms with van der Waals surface area (Å²) in [6.07, 6.45) is 0. The van der Waals surface area contributed by atoms with Crippen molar-refractivity contribution in [2.24, 2.45) is 0 Å². The van der Waals surface area contributed by atoms with Gasteiger partial charge >= 0.3 is 0 Å². The van der Waals surface area contributed by atoms with Crippen LogP contribution >= 0.6 is 0 Å². The number of carbonyl (C=O) groups excluding carboxylic acids is 2. The summed E-state index contributed by atoms with van der Waals surface area (Å²) in [4.78, 5) is 28.3. The van der Waals surface area contributed by atoms with Gasteiger partial charge in [0.05, 0.1) is 31.2 Å². The van der Waals surface area contributed by atoms with Crippen LogP contribution in [0.4, 0.5) is 11.4 Å². The molecule has 3 aromatic rings. The molecule has 0 aromatic heterocycles. The van der Waals surface area contributed by atoms with E-state index < -0.39 is 5.91 Å². The third kappa shape index (κ3) is 3.71. The van der Waals surface area contributed by atoms with Gasteiger partial charge in [0.25, 0.3) is 11.8 Å². The van der Waals surface area contributed by atoms with Crippen molar-refractivity contribution in [3.8, 4) is 11.5 Å². The van der Waals surface area contributed by atoms with Gasteiger partial charge in [0.15, 0.2) is 0 Å². The molecule has 1 aliphatic rings. The summed E-state index contributed by atoms with van der Waals surface area (Å²) in [6, 6.07) is 19.9. The lowest BCUT2D eigenvalue weighted by Crippen LogP contribution is -2.32. The quantitative estimate of drug-likeness (QED) is 0.576. The van der Waals surface area contributed by atoms with Gasteiger partial charge in [0.1, 0.15) is 17.2 Å². The smallest absolute Gasteiger partial charge is 0.282 e. The van der Waals surface area contributed by atoms with Crippen LogP contribution < -0.4 is 19.7 Å². The second-order valence-corrected chi connectivity index (χ2v) is 7.52. The van der Waals surface area contributed by atoms with Crippen molar-refractivity contribution in [1.29, 1.82) is 0 Å². The molecular weight excluding hydrogens is 404 g/mol. The number of amides is 2. The van der Waals surface area contributed by atoms with Crippen LogP contribution in [0.3, 0.4) is 0 Å². The highest BCUT2D eigenvalue weighted by atomic mass is 16.5. The van der Waals surface area contributed by atoms with Gasteiger partial charge in [-0.3, -0.25) is 9.59 Å². The Balaban J connectivity index is 1.87. The molecule has 1 aliphatic heterocycles. The van der Waals surface area contributed by atoms with Crippen molar-refractivity contribution in [3.05, 3.63) is 89.1 Å². The van der Waals surface area contributed by atoms with Crippen LogP contribution in [-0.2, 0) is 9.59 Å². The third-order valence-corrected chi connectivity index (χ3v) is 5.56. The van der Waals surface area contributed by atoms with Crippen molar-refractivity contribution in [1.82, 2.24) is 0 Å². The molecule has 6 heteroatoms. The highest BCUT2D eigenvalue weighted by Crippen LogP contribution is 2.37. The molecule has 0 spiro atoms.